The molecule has 4 heteroatoms. The van der Waals surface area contributed by atoms with Crippen LogP contribution in [0.2, 0.25) is 0 Å². The zero-order chi connectivity index (χ0) is 9.52. The van der Waals surface area contributed by atoms with Crippen LogP contribution in [0.5, 0.6) is 0 Å². The number of thioether (sulfide) groups is 2. The quantitative estimate of drug-likeness (QED) is 0.579. The maximum absolute atomic E-state index is 5.74. The molecule has 1 fully saturated rings. The van der Waals surface area contributed by atoms with Gasteiger partial charge in [-0.15, -0.1) is 0 Å². The maximum atomic E-state index is 5.74. The van der Waals surface area contributed by atoms with E-state index in [4.69, 9.17) is 5.73 Å². The van der Waals surface area contributed by atoms with Gasteiger partial charge in [-0.2, -0.15) is 23.5 Å². The van der Waals surface area contributed by atoms with Crippen LogP contribution in [0.25, 0.3) is 0 Å². The van der Waals surface area contributed by atoms with Crippen molar-refractivity contribution < 1.29 is 0 Å². The highest BCUT2D eigenvalue weighted by atomic mass is 32.2. The van der Waals surface area contributed by atoms with E-state index in [0.29, 0.717) is 5.25 Å². The standard InChI is InChI=1S/C9H18N2S2/c1-2-3-9(10)11-6-8-7-12-4-5-13-8/h8H,2-7H2,1H3,(H2,10,11). The average molecular weight is 218 g/mol. The highest BCUT2D eigenvalue weighted by molar-refractivity contribution is 8.06. The van der Waals surface area contributed by atoms with Crippen molar-refractivity contribution in [2.45, 2.75) is 25.0 Å². The summed E-state index contributed by atoms with van der Waals surface area (Å²) in [5.41, 5.74) is 5.74. The summed E-state index contributed by atoms with van der Waals surface area (Å²) in [7, 11) is 0. The first-order chi connectivity index (χ1) is 6.33. The fraction of sp³-hybridized carbons (Fsp3) is 0.889. The predicted molar refractivity (Wildman–Crippen MR) is 65.0 cm³/mol. The SMILES string of the molecule is CCCC(N)=NCC1CSCCS1. The van der Waals surface area contributed by atoms with Gasteiger partial charge in [-0.1, -0.05) is 6.92 Å². The summed E-state index contributed by atoms with van der Waals surface area (Å²) in [6, 6.07) is 0. The molecule has 0 bridgehead atoms. The van der Waals surface area contributed by atoms with Gasteiger partial charge in [0, 0.05) is 28.9 Å². The second-order valence-electron chi connectivity index (χ2n) is 3.15. The van der Waals surface area contributed by atoms with Crippen LogP contribution in [0, 0.1) is 0 Å². The van der Waals surface area contributed by atoms with Gasteiger partial charge in [0.05, 0.1) is 12.4 Å². The normalized spacial score (nSPS) is 24.7. The summed E-state index contributed by atoms with van der Waals surface area (Å²) in [6.45, 7) is 3.05. The zero-order valence-corrected chi connectivity index (χ0v) is 9.79. The van der Waals surface area contributed by atoms with Gasteiger partial charge >= 0.3 is 0 Å². The molecule has 0 aromatic heterocycles. The molecule has 2 nitrogen and oxygen atoms in total. The smallest absolute Gasteiger partial charge is 0.0937 e. The zero-order valence-electron chi connectivity index (χ0n) is 8.16. The van der Waals surface area contributed by atoms with Gasteiger partial charge < -0.3 is 5.73 Å². The molecular formula is C9H18N2S2. The Morgan fingerprint density at radius 1 is 1.54 bits per heavy atom. The summed E-state index contributed by atoms with van der Waals surface area (Å²) >= 11 is 4.08. The summed E-state index contributed by atoms with van der Waals surface area (Å²) < 4.78 is 0. The van der Waals surface area contributed by atoms with Gasteiger partial charge in [0.15, 0.2) is 0 Å². The molecule has 0 aliphatic carbocycles. The molecule has 1 unspecified atom stereocenters. The van der Waals surface area contributed by atoms with Gasteiger partial charge in [-0.05, 0) is 6.42 Å². The van der Waals surface area contributed by atoms with Crippen LogP contribution in [0.4, 0.5) is 0 Å². The third-order valence-corrected chi connectivity index (χ3v) is 4.72. The highest BCUT2D eigenvalue weighted by Crippen LogP contribution is 2.23. The van der Waals surface area contributed by atoms with E-state index in [1.54, 1.807) is 0 Å². The molecule has 13 heavy (non-hydrogen) atoms. The Hall–Kier alpha value is 0.170. The van der Waals surface area contributed by atoms with E-state index >= 15 is 0 Å². The first-order valence-corrected chi connectivity index (χ1v) is 7.01. The lowest BCUT2D eigenvalue weighted by molar-refractivity contribution is 0.921. The molecule has 1 aliphatic heterocycles. The van der Waals surface area contributed by atoms with Gasteiger partial charge in [0.1, 0.15) is 0 Å². The van der Waals surface area contributed by atoms with E-state index in [1.807, 2.05) is 23.5 Å². The molecule has 0 amide bonds. The molecule has 1 heterocycles. The molecule has 76 valence electrons. The van der Waals surface area contributed by atoms with E-state index in [2.05, 4.69) is 11.9 Å². The second kappa shape index (κ2) is 6.60. The molecule has 0 saturated carbocycles. The fourth-order valence-electron chi connectivity index (χ4n) is 1.20. The number of hydrogen-bond acceptors (Lipinski definition) is 3. The van der Waals surface area contributed by atoms with Crippen LogP contribution in [-0.4, -0.2) is 34.9 Å². The molecular weight excluding hydrogens is 200 g/mol. The lowest BCUT2D eigenvalue weighted by Crippen LogP contribution is -2.20. The van der Waals surface area contributed by atoms with Crippen molar-refractivity contribution in [1.82, 2.24) is 0 Å². The van der Waals surface area contributed by atoms with E-state index in [0.717, 1.165) is 25.2 Å². The van der Waals surface area contributed by atoms with Gasteiger partial charge in [0.2, 0.25) is 0 Å². The summed E-state index contributed by atoms with van der Waals surface area (Å²) in [5, 5.41) is 0.703. The first-order valence-electron chi connectivity index (χ1n) is 4.81. The van der Waals surface area contributed by atoms with Crippen molar-refractivity contribution in [2.75, 3.05) is 23.8 Å². The lowest BCUT2D eigenvalue weighted by atomic mass is 10.3. The Morgan fingerprint density at radius 2 is 2.38 bits per heavy atom. The van der Waals surface area contributed by atoms with Crippen LogP contribution >= 0.6 is 23.5 Å². The van der Waals surface area contributed by atoms with Gasteiger partial charge in [-0.25, -0.2) is 0 Å². The maximum Gasteiger partial charge on any atom is 0.0937 e. The summed E-state index contributed by atoms with van der Waals surface area (Å²) in [5.74, 6) is 4.65. The fourth-order valence-corrected chi connectivity index (χ4v) is 3.77. The number of hydrogen-bond donors (Lipinski definition) is 1. The first kappa shape index (κ1) is 11.2. The molecule has 2 N–H and O–H groups in total. The van der Waals surface area contributed by atoms with Crippen molar-refractivity contribution >= 4 is 29.4 Å². The molecule has 0 radical (unpaired) electrons. The molecule has 0 spiro atoms. The minimum Gasteiger partial charge on any atom is -0.387 e. The van der Waals surface area contributed by atoms with E-state index in [1.165, 1.54) is 17.3 Å². The Kier molecular flexibility index (Phi) is 5.71. The monoisotopic (exact) mass is 218 g/mol. The molecule has 1 rings (SSSR count). The number of aliphatic imine (C=N–C) groups is 1. The van der Waals surface area contributed by atoms with Crippen LogP contribution in [-0.2, 0) is 0 Å². The highest BCUT2D eigenvalue weighted by Gasteiger charge is 2.13. The van der Waals surface area contributed by atoms with E-state index in [-0.39, 0.29) is 0 Å². The predicted octanol–water partition coefficient (Wildman–Crippen LogP) is 1.99. The molecule has 1 atom stereocenters. The van der Waals surface area contributed by atoms with Gasteiger partial charge in [0.25, 0.3) is 0 Å². The molecule has 0 aromatic carbocycles. The Morgan fingerprint density at radius 3 is 3.00 bits per heavy atom. The largest absolute Gasteiger partial charge is 0.387 e. The van der Waals surface area contributed by atoms with Crippen LogP contribution < -0.4 is 5.73 Å². The molecule has 1 saturated heterocycles. The van der Waals surface area contributed by atoms with Gasteiger partial charge in [-0.3, -0.25) is 4.99 Å². The molecule has 0 aromatic rings. The average Bonchev–Trinajstić information content (AvgIpc) is 2.17. The van der Waals surface area contributed by atoms with E-state index < -0.39 is 0 Å². The van der Waals surface area contributed by atoms with E-state index in [9.17, 15) is 0 Å². The number of nitrogens with zero attached hydrogens (tertiary/aromatic N) is 1. The Balaban J connectivity index is 2.19. The minimum absolute atomic E-state index is 0.703. The van der Waals surface area contributed by atoms with Crippen molar-refractivity contribution in [3.8, 4) is 0 Å². The van der Waals surface area contributed by atoms with Crippen molar-refractivity contribution in [3.05, 3.63) is 0 Å². The van der Waals surface area contributed by atoms with Crippen LogP contribution in [0.3, 0.4) is 0 Å². The lowest BCUT2D eigenvalue weighted by Gasteiger charge is -2.18. The molecule has 1 aliphatic rings. The third kappa shape index (κ3) is 4.81. The van der Waals surface area contributed by atoms with Crippen molar-refractivity contribution in [2.24, 2.45) is 10.7 Å². The Labute approximate surface area is 89.1 Å². The summed E-state index contributed by atoms with van der Waals surface area (Å²) in [6.07, 6.45) is 2.05. The minimum atomic E-state index is 0.703. The van der Waals surface area contributed by atoms with Crippen molar-refractivity contribution in [1.29, 1.82) is 0 Å². The topological polar surface area (TPSA) is 38.4 Å². The number of amidine groups is 1. The van der Waals surface area contributed by atoms with Crippen LogP contribution in [0.1, 0.15) is 19.8 Å². The number of rotatable bonds is 4. The summed E-state index contributed by atoms with van der Waals surface area (Å²) in [4.78, 5) is 4.40. The van der Waals surface area contributed by atoms with Crippen molar-refractivity contribution in [3.63, 3.8) is 0 Å². The second-order valence-corrected chi connectivity index (χ2v) is 5.71. The van der Waals surface area contributed by atoms with Crippen LogP contribution in [0.15, 0.2) is 4.99 Å². The Bertz CT molecular complexity index is 165. The third-order valence-electron chi connectivity index (χ3n) is 1.89. The number of nitrogens with two attached hydrogens (primary N) is 1.